The second-order valence-corrected chi connectivity index (χ2v) is 5.17. The van der Waals surface area contributed by atoms with Gasteiger partial charge in [-0.2, -0.15) is 0 Å². The zero-order valence-electron chi connectivity index (χ0n) is 11.9. The van der Waals surface area contributed by atoms with Gasteiger partial charge in [-0.25, -0.2) is 4.79 Å². The SMILES string of the molecule is CC1CC(NC(=O)c2cccc(/C=C/C(=O)O)c2)CCO1. The van der Waals surface area contributed by atoms with Gasteiger partial charge < -0.3 is 15.2 Å². The van der Waals surface area contributed by atoms with Crippen molar-refractivity contribution >= 4 is 18.0 Å². The van der Waals surface area contributed by atoms with Gasteiger partial charge in [0.2, 0.25) is 0 Å². The van der Waals surface area contributed by atoms with Gasteiger partial charge in [0.15, 0.2) is 0 Å². The molecule has 0 aliphatic carbocycles. The molecule has 1 amide bonds. The molecule has 1 heterocycles. The molecule has 5 heteroatoms. The monoisotopic (exact) mass is 289 g/mol. The number of nitrogens with one attached hydrogen (secondary N) is 1. The number of carboxylic acid groups (broad SMARTS) is 1. The van der Waals surface area contributed by atoms with Gasteiger partial charge in [0.25, 0.3) is 5.91 Å². The molecule has 21 heavy (non-hydrogen) atoms. The molecule has 0 bridgehead atoms. The van der Waals surface area contributed by atoms with Crippen molar-refractivity contribution in [1.29, 1.82) is 0 Å². The van der Waals surface area contributed by atoms with Crippen molar-refractivity contribution in [2.24, 2.45) is 0 Å². The van der Waals surface area contributed by atoms with Crippen LogP contribution in [0, 0.1) is 0 Å². The van der Waals surface area contributed by atoms with Crippen LogP contribution in [-0.2, 0) is 9.53 Å². The standard InChI is InChI=1S/C16H19NO4/c1-11-9-14(7-8-21-11)17-16(20)13-4-2-3-12(10-13)5-6-15(18)19/h2-6,10-11,14H,7-9H2,1H3,(H,17,20)(H,18,19)/b6-5+. The molecule has 0 saturated carbocycles. The van der Waals surface area contributed by atoms with E-state index in [9.17, 15) is 9.59 Å². The molecule has 2 N–H and O–H groups in total. The summed E-state index contributed by atoms with van der Waals surface area (Å²) in [5.74, 6) is -1.15. The van der Waals surface area contributed by atoms with Crippen molar-refractivity contribution in [3.8, 4) is 0 Å². The number of carboxylic acids is 1. The molecule has 2 unspecified atom stereocenters. The molecule has 1 aromatic rings. The summed E-state index contributed by atoms with van der Waals surface area (Å²) in [4.78, 5) is 22.7. The number of benzene rings is 1. The largest absolute Gasteiger partial charge is 0.478 e. The van der Waals surface area contributed by atoms with Gasteiger partial charge in [0.1, 0.15) is 0 Å². The van der Waals surface area contributed by atoms with E-state index in [0.29, 0.717) is 17.7 Å². The molecule has 2 rings (SSSR count). The zero-order chi connectivity index (χ0) is 15.2. The van der Waals surface area contributed by atoms with E-state index in [2.05, 4.69) is 5.32 Å². The predicted molar refractivity (Wildman–Crippen MR) is 79.0 cm³/mol. The Bertz CT molecular complexity index is 553. The summed E-state index contributed by atoms with van der Waals surface area (Å²) in [6, 6.07) is 7.02. The van der Waals surface area contributed by atoms with Gasteiger partial charge in [-0.15, -0.1) is 0 Å². The van der Waals surface area contributed by atoms with E-state index >= 15 is 0 Å². The number of hydrogen-bond acceptors (Lipinski definition) is 3. The van der Waals surface area contributed by atoms with Crippen LogP contribution in [0.1, 0.15) is 35.7 Å². The average molecular weight is 289 g/mol. The highest BCUT2D eigenvalue weighted by atomic mass is 16.5. The topological polar surface area (TPSA) is 75.6 Å². The molecule has 5 nitrogen and oxygen atoms in total. The first-order valence-electron chi connectivity index (χ1n) is 6.98. The smallest absolute Gasteiger partial charge is 0.328 e. The third-order valence-corrected chi connectivity index (χ3v) is 3.39. The number of ether oxygens (including phenoxy) is 1. The van der Waals surface area contributed by atoms with Gasteiger partial charge in [0.05, 0.1) is 6.10 Å². The van der Waals surface area contributed by atoms with Crippen LogP contribution < -0.4 is 5.32 Å². The van der Waals surface area contributed by atoms with Gasteiger partial charge in [-0.3, -0.25) is 4.79 Å². The molecular formula is C16H19NO4. The minimum Gasteiger partial charge on any atom is -0.478 e. The summed E-state index contributed by atoms with van der Waals surface area (Å²) in [5, 5.41) is 11.6. The Balaban J connectivity index is 2.02. The molecule has 0 aromatic heterocycles. The van der Waals surface area contributed by atoms with Crippen molar-refractivity contribution < 1.29 is 19.4 Å². The second-order valence-electron chi connectivity index (χ2n) is 5.17. The Kier molecular flexibility index (Phi) is 5.11. The number of amides is 1. The van der Waals surface area contributed by atoms with Crippen molar-refractivity contribution in [2.45, 2.75) is 31.9 Å². The highest BCUT2D eigenvalue weighted by Gasteiger charge is 2.21. The van der Waals surface area contributed by atoms with Crippen molar-refractivity contribution in [3.05, 3.63) is 41.5 Å². The first kappa shape index (κ1) is 15.3. The molecule has 112 valence electrons. The number of carbonyl (C=O) groups is 2. The van der Waals surface area contributed by atoms with E-state index in [1.54, 1.807) is 24.3 Å². The average Bonchev–Trinajstić information content (AvgIpc) is 2.45. The summed E-state index contributed by atoms with van der Waals surface area (Å²) >= 11 is 0. The molecule has 1 aliphatic rings. The van der Waals surface area contributed by atoms with Crippen LogP contribution in [0.2, 0.25) is 0 Å². The number of aliphatic carboxylic acids is 1. The quantitative estimate of drug-likeness (QED) is 0.832. The lowest BCUT2D eigenvalue weighted by Crippen LogP contribution is -2.41. The third kappa shape index (κ3) is 4.72. The normalized spacial score (nSPS) is 22.1. The molecule has 0 radical (unpaired) electrons. The van der Waals surface area contributed by atoms with E-state index in [4.69, 9.17) is 9.84 Å². The lowest BCUT2D eigenvalue weighted by atomic mass is 10.0. The Morgan fingerprint density at radius 1 is 1.43 bits per heavy atom. The predicted octanol–water partition coefficient (Wildman–Crippen LogP) is 2.08. The Labute approximate surface area is 123 Å². The van der Waals surface area contributed by atoms with Gasteiger partial charge in [-0.1, -0.05) is 12.1 Å². The van der Waals surface area contributed by atoms with E-state index in [0.717, 1.165) is 18.9 Å². The number of hydrogen-bond donors (Lipinski definition) is 2. The van der Waals surface area contributed by atoms with Crippen LogP contribution in [0.4, 0.5) is 0 Å². The van der Waals surface area contributed by atoms with E-state index in [-0.39, 0.29) is 18.1 Å². The Morgan fingerprint density at radius 3 is 2.95 bits per heavy atom. The molecule has 1 aromatic carbocycles. The summed E-state index contributed by atoms with van der Waals surface area (Å²) in [6.07, 6.45) is 4.31. The van der Waals surface area contributed by atoms with Crippen LogP contribution in [0.5, 0.6) is 0 Å². The van der Waals surface area contributed by atoms with E-state index in [1.165, 1.54) is 6.08 Å². The van der Waals surface area contributed by atoms with Crippen molar-refractivity contribution in [2.75, 3.05) is 6.61 Å². The summed E-state index contributed by atoms with van der Waals surface area (Å²) in [7, 11) is 0. The lowest BCUT2D eigenvalue weighted by Gasteiger charge is -2.27. The lowest BCUT2D eigenvalue weighted by molar-refractivity contribution is -0.131. The van der Waals surface area contributed by atoms with E-state index < -0.39 is 5.97 Å². The van der Waals surface area contributed by atoms with Crippen molar-refractivity contribution in [3.63, 3.8) is 0 Å². The molecular weight excluding hydrogens is 270 g/mol. The van der Waals surface area contributed by atoms with Crippen LogP contribution >= 0.6 is 0 Å². The fraction of sp³-hybridized carbons (Fsp3) is 0.375. The van der Waals surface area contributed by atoms with Crippen molar-refractivity contribution in [1.82, 2.24) is 5.32 Å². The summed E-state index contributed by atoms with van der Waals surface area (Å²) in [6.45, 7) is 2.66. The fourth-order valence-electron chi connectivity index (χ4n) is 2.35. The molecule has 1 fully saturated rings. The summed E-state index contributed by atoms with van der Waals surface area (Å²) in [5.41, 5.74) is 1.21. The molecule has 1 saturated heterocycles. The van der Waals surface area contributed by atoms with E-state index in [1.807, 2.05) is 6.92 Å². The maximum Gasteiger partial charge on any atom is 0.328 e. The van der Waals surface area contributed by atoms with Gasteiger partial charge in [-0.05, 0) is 43.5 Å². The highest BCUT2D eigenvalue weighted by Crippen LogP contribution is 2.14. The maximum atomic E-state index is 12.2. The van der Waals surface area contributed by atoms with Crippen LogP contribution in [0.25, 0.3) is 6.08 Å². The minimum atomic E-state index is -1.01. The van der Waals surface area contributed by atoms with Gasteiger partial charge >= 0.3 is 5.97 Å². The summed E-state index contributed by atoms with van der Waals surface area (Å²) < 4.78 is 5.45. The number of carbonyl (C=O) groups excluding carboxylic acids is 1. The van der Waals surface area contributed by atoms with Crippen LogP contribution in [0.3, 0.4) is 0 Å². The zero-order valence-corrected chi connectivity index (χ0v) is 11.9. The number of rotatable bonds is 4. The minimum absolute atomic E-state index is 0.125. The third-order valence-electron chi connectivity index (χ3n) is 3.39. The maximum absolute atomic E-state index is 12.2. The Morgan fingerprint density at radius 2 is 2.24 bits per heavy atom. The molecule has 0 spiro atoms. The van der Waals surface area contributed by atoms with Crippen LogP contribution in [-0.4, -0.2) is 35.7 Å². The van der Waals surface area contributed by atoms with Crippen LogP contribution in [0.15, 0.2) is 30.3 Å². The molecule has 1 aliphatic heterocycles. The second kappa shape index (κ2) is 7.04. The first-order chi connectivity index (χ1) is 10.0. The Hall–Kier alpha value is -2.14. The highest BCUT2D eigenvalue weighted by molar-refractivity contribution is 5.95. The fourth-order valence-corrected chi connectivity index (χ4v) is 2.35. The molecule has 2 atom stereocenters. The van der Waals surface area contributed by atoms with Gasteiger partial charge in [0, 0.05) is 24.3 Å². The first-order valence-corrected chi connectivity index (χ1v) is 6.98.